The zero-order chi connectivity index (χ0) is 15.2. The summed E-state index contributed by atoms with van der Waals surface area (Å²) in [4.78, 5) is 8.80. The molecule has 2 heterocycles. The Morgan fingerprint density at radius 3 is 2.95 bits per heavy atom. The zero-order valence-electron chi connectivity index (χ0n) is 13.5. The molecule has 2 rings (SSSR count). The largest absolute Gasteiger partial charge is 0.383 e. The zero-order valence-corrected chi connectivity index (χ0v) is 15.1. The monoisotopic (exact) mass is 329 g/mol. The van der Waals surface area contributed by atoms with E-state index >= 15 is 0 Å². The minimum atomic E-state index is 0.476. The van der Waals surface area contributed by atoms with Crippen molar-refractivity contribution >= 4 is 28.2 Å². The quantitative estimate of drug-likeness (QED) is 0.779. The van der Waals surface area contributed by atoms with E-state index in [4.69, 9.17) is 9.72 Å². The van der Waals surface area contributed by atoms with E-state index in [0.717, 1.165) is 26.2 Å². The van der Waals surface area contributed by atoms with E-state index < -0.39 is 0 Å². The third-order valence-electron chi connectivity index (χ3n) is 3.65. The van der Waals surface area contributed by atoms with Gasteiger partial charge in [0.15, 0.2) is 5.13 Å². The lowest BCUT2D eigenvalue weighted by atomic mass is 10.1. The Labute approximate surface area is 136 Å². The van der Waals surface area contributed by atoms with Crippen LogP contribution in [0.15, 0.2) is 0 Å². The highest BCUT2D eigenvalue weighted by Crippen LogP contribution is 2.33. The number of nitrogens with zero attached hydrogens (tertiary/aromatic N) is 2. The van der Waals surface area contributed by atoms with Crippen molar-refractivity contribution in [3.8, 4) is 0 Å². The predicted octanol–water partition coefficient (Wildman–Crippen LogP) is 2.94. The lowest BCUT2D eigenvalue weighted by molar-refractivity contribution is 0.199. The number of methoxy groups -OCH3 is 1. The van der Waals surface area contributed by atoms with Gasteiger partial charge in [0.1, 0.15) is 0 Å². The smallest absolute Gasteiger partial charge is 0.186 e. The molecule has 0 spiro atoms. The molecule has 1 saturated heterocycles. The van der Waals surface area contributed by atoms with Crippen molar-refractivity contribution in [1.82, 2.24) is 10.3 Å². The first-order valence-electron chi connectivity index (χ1n) is 7.67. The van der Waals surface area contributed by atoms with Crippen LogP contribution < -0.4 is 10.2 Å². The van der Waals surface area contributed by atoms with Crippen LogP contribution in [0.4, 0.5) is 5.13 Å². The van der Waals surface area contributed by atoms with Crippen LogP contribution in [0.2, 0.25) is 0 Å². The molecule has 0 radical (unpaired) electrons. The molecule has 1 aliphatic rings. The van der Waals surface area contributed by atoms with Crippen molar-refractivity contribution in [2.45, 2.75) is 39.3 Å². The molecule has 1 N–H and O–H groups in total. The number of hydrogen-bond acceptors (Lipinski definition) is 6. The first-order valence-corrected chi connectivity index (χ1v) is 9.64. The van der Waals surface area contributed by atoms with Crippen molar-refractivity contribution < 1.29 is 4.74 Å². The maximum atomic E-state index is 5.09. The van der Waals surface area contributed by atoms with E-state index in [9.17, 15) is 0 Å². The fraction of sp³-hybridized carbons (Fsp3) is 0.800. The van der Waals surface area contributed by atoms with Gasteiger partial charge in [0.2, 0.25) is 0 Å². The van der Waals surface area contributed by atoms with Gasteiger partial charge in [-0.3, -0.25) is 0 Å². The number of thioether (sulfide) groups is 1. The fourth-order valence-electron chi connectivity index (χ4n) is 2.44. The van der Waals surface area contributed by atoms with Crippen LogP contribution >= 0.6 is 23.1 Å². The van der Waals surface area contributed by atoms with Crippen LogP contribution in [-0.4, -0.2) is 49.3 Å². The van der Waals surface area contributed by atoms with Crippen LogP contribution in [0, 0.1) is 0 Å². The second-order valence-electron chi connectivity index (χ2n) is 5.75. The molecule has 0 aromatic carbocycles. The summed E-state index contributed by atoms with van der Waals surface area (Å²) in [5.74, 6) is 2.89. The molecule has 1 aromatic heterocycles. The van der Waals surface area contributed by atoms with Crippen molar-refractivity contribution in [2.75, 3.05) is 43.2 Å². The van der Waals surface area contributed by atoms with Crippen LogP contribution in [0.5, 0.6) is 0 Å². The molecule has 1 aliphatic heterocycles. The molecule has 21 heavy (non-hydrogen) atoms. The number of ether oxygens (including phenoxy) is 1. The van der Waals surface area contributed by atoms with Gasteiger partial charge in [0.25, 0.3) is 0 Å². The summed E-state index contributed by atoms with van der Waals surface area (Å²) in [6.45, 7) is 10.4. The Hall–Kier alpha value is -0.300. The van der Waals surface area contributed by atoms with Gasteiger partial charge in [-0.25, -0.2) is 4.98 Å². The fourth-order valence-corrected chi connectivity index (χ4v) is 4.77. The number of rotatable bonds is 7. The normalized spacial score (nSPS) is 19.5. The lowest BCUT2D eigenvalue weighted by Crippen LogP contribution is -2.40. The van der Waals surface area contributed by atoms with Gasteiger partial charge in [-0.1, -0.05) is 13.8 Å². The first kappa shape index (κ1) is 17.1. The predicted molar refractivity (Wildman–Crippen MR) is 93.9 cm³/mol. The molecule has 1 aromatic rings. The Kier molecular flexibility index (Phi) is 6.79. The second kappa shape index (κ2) is 8.36. The highest BCUT2D eigenvalue weighted by molar-refractivity contribution is 7.99. The minimum Gasteiger partial charge on any atom is -0.383 e. The molecule has 0 saturated carbocycles. The van der Waals surface area contributed by atoms with Gasteiger partial charge in [-0.15, -0.1) is 11.3 Å². The topological polar surface area (TPSA) is 37.4 Å². The third-order valence-corrected chi connectivity index (χ3v) is 5.94. The number of nitrogens with one attached hydrogen (secondary N) is 1. The molecule has 1 fully saturated rings. The van der Waals surface area contributed by atoms with Gasteiger partial charge in [-0.05, 0) is 12.8 Å². The molecule has 0 bridgehead atoms. The lowest BCUT2D eigenvalue weighted by Gasteiger charge is -2.32. The van der Waals surface area contributed by atoms with Crippen LogP contribution in [-0.2, 0) is 11.3 Å². The standard InChI is InChI=1S/C15H27N3OS2/c1-11(2)14-13(9-16-5-7-19-4)21-15(17-14)18-6-8-20-10-12(18)3/h11-12,16H,5-10H2,1-4H3. The second-order valence-corrected chi connectivity index (χ2v) is 7.96. The molecule has 0 amide bonds. The van der Waals surface area contributed by atoms with Crippen molar-refractivity contribution in [3.63, 3.8) is 0 Å². The number of anilines is 1. The van der Waals surface area contributed by atoms with Crippen molar-refractivity contribution in [3.05, 3.63) is 10.6 Å². The summed E-state index contributed by atoms with van der Waals surface area (Å²) in [6, 6.07) is 0.587. The Bertz CT molecular complexity index is 437. The van der Waals surface area contributed by atoms with Gasteiger partial charge in [0, 0.05) is 49.2 Å². The first-order chi connectivity index (χ1) is 10.1. The van der Waals surface area contributed by atoms with E-state index in [-0.39, 0.29) is 0 Å². The molecule has 1 atom stereocenters. The highest BCUT2D eigenvalue weighted by atomic mass is 32.2. The van der Waals surface area contributed by atoms with Crippen LogP contribution in [0.1, 0.15) is 37.3 Å². The molecular formula is C15H27N3OS2. The van der Waals surface area contributed by atoms with Gasteiger partial charge < -0.3 is 15.0 Å². The molecule has 6 heteroatoms. The van der Waals surface area contributed by atoms with E-state index in [1.807, 2.05) is 23.1 Å². The number of aromatic nitrogens is 1. The third kappa shape index (κ3) is 4.58. The summed E-state index contributed by atoms with van der Waals surface area (Å²) < 4.78 is 5.09. The Balaban J connectivity index is 2.08. The SMILES string of the molecule is COCCNCc1sc(N2CCSCC2C)nc1C(C)C. The molecule has 0 aliphatic carbocycles. The average Bonchev–Trinajstić information content (AvgIpc) is 2.88. The Morgan fingerprint density at radius 2 is 2.29 bits per heavy atom. The Morgan fingerprint density at radius 1 is 1.48 bits per heavy atom. The summed E-state index contributed by atoms with van der Waals surface area (Å²) in [7, 11) is 1.74. The average molecular weight is 330 g/mol. The molecule has 1 unspecified atom stereocenters. The van der Waals surface area contributed by atoms with E-state index in [1.54, 1.807) is 7.11 Å². The van der Waals surface area contributed by atoms with Gasteiger partial charge in [0.05, 0.1) is 12.3 Å². The van der Waals surface area contributed by atoms with Crippen LogP contribution in [0.3, 0.4) is 0 Å². The van der Waals surface area contributed by atoms with E-state index in [2.05, 4.69) is 31.0 Å². The molecule has 120 valence electrons. The summed E-state index contributed by atoms with van der Waals surface area (Å²) in [5, 5.41) is 4.65. The van der Waals surface area contributed by atoms with Crippen LogP contribution in [0.25, 0.3) is 0 Å². The van der Waals surface area contributed by atoms with Crippen molar-refractivity contribution in [2.24, 2.45) is 0 Å². The number of thiazole rings is 1. The number of hydrogen-bond donors (Lipinski definition) is 1. The maximum absolute atomic E-state index is 5.09. The summed E-state index contributed by atoms with van der Waals surface area (Å²) in [5.41, 5.74) is 1.25. The van der Waals surface area contributed by atoms with Gasteiger partial charge in [-0.2, -0.15) is 11.8 Å². The van der Waals surface area contributed by atoms with E-state index in [1.165, 1.54) is 27.2 Å². The van der Waals surface area contributed by atoms with Crippen molar-refractivity contribution in [1.29, 1.82) is 0 Å². The highest BCUT2D eigenvalue weighted by Gasteiger charge is 2.24. The molecule has 4 nitrogen and oxygen atoms in total. The maximum Gasteiger partial charge on any atom is 0.186 e. The summed E-state index contributed by atoms with van der Waals surface area (Å²) >= 11 is 3.91. The summed E-state index contributed by atoms with van der Waals surface area (Å²) in [6.07, 6.45) is 0. The van der Waals surface area contributed by atoms with Gasteiger partial charge >= 0.3 is 0 Å². The molecular weight excluding hydrogens is 302 g/mol. The minimum absolute atomic E-state index is 0.476. The van der Waals surface area contributed by atoms with E-state index in [0.29, 0.717) is 12.0 Å².